The molecule has 0 spiro atoms. The van der Waals surface area contributed by atoms with Gasteiger partial charge in [0.25, 0.3) is 0 Å². The molecule has 0 aromatic carbocycles. The third-order valence-corrected chi connectivity index (χ3v) is 0. The van der Waals surface area contributed by atoms with Gasteiger partial charge < -0.3 is 0 Å². The van der Waals surface area contributed by atoms with Crippen LogP contribution in [0.25, 0.3) is 0 Å². The SMILES string of the molecule is [BH2][BiH][SiH3].[LiH]. The van der Waals surface area contributed by atoms with Crippen molar-refractivity contribution in [1.82, 2.24) is 0 Å². The molecule has 0 N–H and O–H groups in total. The van der Waals surface area contributed by atoms with Crippen LogP contribution in [0.5, 0.6) is 0 Å². The van der Waals surface area contributed by atoms with Gasteiger partial charge in [-0.1, -0.05) is 0 Å². The molecule has 4 heteroatoms. The fourth-order valence-electron chi connectivity index (χ4n) is 0. The average Bonchev–Trinajstić information content (AvgIpc) is 0.918. The summed E-state index contributed by atoms with van der Waals surface area (Å²) in [4.78, 5) is 0. The van der Waals surface area contributed by atoms with Crippen molar-refractivity contribution in [3.63, 3.8) is 0 Å². The second kappa shape index (κ2) is 8.83. The van der Waals surface area contributed by atoms with Gasteiger partial charge in [-0.2, -0.15) is 0 Å². The first-order chi connectivity index (χ1) is 1.41. The summed E-state index contributed by atoms with van der Waals surface area (Å²) in [7, 11) is 1.56. The van der Waals surface area contributed by atoms with Crippen molar-refractivity contribution in [2.45, 2.75) is 0 Å². The van der Waals surface area contributed by atoms with E-state index in [1.807, 2.05) is 0 Å². The molecule has 0 radical (unpaired) electrons. The zero-order chi connectivity index (χ0) is 2.71. The molecule has 0 saturated carbocycles. The van der Waals surface area contributed by atoms with E-state index in [2.05, 4.69) is 5.38 Å². The Morgan fingerprint density at radius 1 is 1.75 bits per heavy atom. The predicted molar refractivity (Wildman–Crippen MR) is 32.8 cm³/mol. The molecule has 0 fully saturated rings. The van der Waals surface area contributed by atoms with E-state index in [0.29, 0.717) is 0 Å². The third kappa shape index (κ3) is 9.24. The Bertz CT molecular complexity index is 8.00. The van der Waals surface area contributed by atoms with Gasteiger partial charge in [-0.3, -0.25) is 0 Å². The maximum absolute atomic E-state index is 2.38. The Morgan fingerprint density at radius 3 is 1.75 bits per heavy atom. The van der Waals surface area contributed by atoms with Crippen molar-refractivity contribution < 1.29 is 0 Å². The van der Waals surface area contributed by atoms with Gasteiger partial charge in [0.05, 0.1) is 0 Å². The van der Waals surface area contributed by atoms with Crippen LogP contribution in [-0.4, -0.2) is 53.8 Å². The van der Waals surface area contributed by atoms with E-state index < -0.39 is 0 Å². The Kier molecular flexibility index (Phi) is 20.4. The summed E-state index contributed by atoms with van der Waals surface area (Å²) in [5.74, 6) is 0. The quantitative estimate of drug-likeness (QED) is 0.399. The molecule has 0 rings (SSSR count). The minimum atomic E-state index is 0. The summed E-state index contributed by atoms with van der Waals surface area (Å²) < 4.78 is 0. The first-order valence-electron chi connectivity index (χ1n) is 1.00. The summed E-state index contributed by atoms with van der Waals surface area (Å²) in [6.45, 7) is 0. The molecule has 0 atom stereocenters. The Morgan fingerprint density at radius 2 is 1.75 bits per heavy atom. The maximum atomic E-state index is 2.38. The van der Waals surface area contributed by atoms with E-state index in [-0.39, 0.29) is 41.0 Å². The van der Waals surface area contributed by atoms with Crippen LogP contribution in [0.3, 0.4) is 0 Å². The van der Waals surface area contributed by atoms with Crippen LogP contribution in [0, 0.1) is 0 Å². The molecule has 0 aromatic heterocycles. The van der Waals surface area contributed by atoms with Crippen molar-refractivity contribution >= 4 is 53.8 Å². The molecule has 0 saturated heterocycles. The standard InChI is InChI=1S/BH2.Bi.Li.H3Si.2H/h1H2;;;1H3;;/q+1;-1;;;;. The molecule has 0 heterocycles. The molecule has 0 aromatic rings. The van der Waals surface area contributed by atoms with Gasteiger partial charge in [-0.05, 0) is 0 Å². The molecular weight excluding hydrogens is 255 g/mol. The first-order valence-corrected chi connectivity index (χ1v) is 17.5. The van der Waals surface area contributed by atoms with Crippen molar-refractivity contribution in [2.75, 3.05) is 0 Å². The molecule has 0 bridgehead atoms. The van der Waals surface area contributed by atoms with Gasteiger partial charge in [0, 0.05) is 0 Å². The average molecular weight is 262 g/mol. The number of rotatable bonds is 0. The van der Waals surface area contributed by atoms with Crippen LogP contribution in [0.15, 0.2) is 0 Å². The monoisotopic (exact) mass is 262 g/mol. The number of hydrogen-bond acceptors (Lipinski definition) is 0. The summed E-state index contributed by atoms with van der Waals surface area (Å²) in [6, 6.07) is 0. The summed E-state index contributed by atoms with van der Waals surface area (Å²) in [6.07, 6.45) is 0. The predicted octanol–water partition coefficient (Wildman–Crippen LogP) is -3.40. The van der Waals surface area contributed by atoms with E-state index in [4.69, 9.17) is 0 Å². The van der Waals surface area contributed by atoms with Gasteiger partial charge in [-0.15, -0.1) is 0 Å². The van der Waals surface area contributed by atoms with Gasteiger partial charge in [0.2, 0.25) is 0 Å². The van der Waals surface area contributed by atoms with E-state index in [0.717, 1.165) is 0 Å². The first kappa shape index (κ1) is 9.23. The molecule has 0 unspecified atom stereocenters. The Labute approximate surface area is 53.3 Å². The van der Waals surface area contributed by atoms with E-state index in [1.165, 1.54) is 0 Å². The summed E-state index contributed by atoms with van der Waals surface area (Å²) >= 11 is 0.222. The van der Waals surface area contributed by atoms with E-state index in [1.54, 1.807) is 7.37 Å². The van der Waals surface area contributed by atoms with E-state index in [9.17, 15) is 0 Å². The molecule has 0 aliphatic carbocycles. The van der Waals surface area contributed by atoms with Crippen LogP contribution in [0.2, 0.25) is 0 Å². The normalized spacial score (nSPS) is 5.00. The molecule has 0 aliphatic heterocycles. The molecule has 0 aliphatic rings. The van der Waals surface area contributed by atoms with Gasteiger partial charge in [0.1, 0.15) is 0 Å². The van der Waals surface area contributed by atoms with E-state index >= 15 is 0 Å². The zero-order valence-corrected chi connectivity index (χ0v) is 8.39. The van der Waals surface area contributed by atoms with Crippen molar-refractivity contribution in [3.8, 4) is 0 Å². The van der Waals surface area contributed by atoms with Crippen molar-refractivity contribution in [1.29, 1.82) is 0 Å². The van der Waals surface area contributed by atoms with Crippen LogP contribution in [0.4, 0.5) is 0 Å². The molecule has 20 valence electrons. The van der Waals surface area contributed by atoms with Crippen molar-refractivity contribution in [2.24, 2.45) is 0 Å². The van der Waals surface area contributed by atoms with Crippen LogP contribution in [0.1, 0.15) is 0 Å². The second-order valence-corrected chi connectivity index (χ2v) is 13.2. The zero-order valence-electron chi connectivity index (χ0n) is 2.50. The topological polar surface area (TPSA) is 0 Å². The van der Waals surface area contributed by atoms with Gasteiger partial charge in [-0.25, -0.2) is 0 Å². The van der Waals surface area contributed by atoms with Crippen LogP contribution < -0.4 is 0 Å². The molecule has 0 amide bonds. The minimum absolute atomic E-state index is 0. The molecule has 0 nitrogen and oxygen atoms in total. The molecular formula is H7BBiLiSi. The van der Waals surface area contributed by atoms with Gasteiger partial charge in [0.15, 0.2) is 0 Å². The Balaban J connectivity index is 0. The van der Waals surface area contributed by atoms with Crippen LogP contribution >= 0.6 is 0 Å². The molecule has 4 heavy (non-hydrogen) atoms. The Hall–Kier alpha value is 1.76. The van der Waals surface area contributed by atoms with Crippen LogP contribution in [-0.2, 0) is 0 Å². The third-order valence-electron chi connectivity index (χ3n) is 0. The fraction of sp³-hybridized carbons (Fsp3) is 0. The van der Waals surface area contributed by atoms with Gasteiger partial charge >= 0.3 is 53.8 Å². The summed E-state index contributed by atoms with van der Waals surface area (Å²) in [5, 5.41) is 2.38. The van der Waals surface area contributed by atoms with Crippen molar-refractivity contribution in [3.05, 3.63) is 0 Å². The second-order valence-electron chi connectivity index (χ2n) is 0.500. The fourth-order valence-corrected chi connectivity index (χ4v) is 0. The summed E-state index contributed by atoms with van der Waals surface area (Å²) in [5.41, 5.74) is 0. The number of hydrogen-bond donors (Lipinski definition) is 0.